The molecule has 1 amide bonds. The Kier molecular flexibility index (Phi) is 4.52. The minimum Gasteiger partial charge on any atom is -0.486 e. The van der Waals surface area contributed by atoms with Crippen molar-refractivity contribution in [3.8, 4) is 11.5 Å². The van der Waals surface area contributed by atoms with Crippen molar-refractivity contribution in [1.82, 2.24) is 10.2 Å². The van der Waals surface area contributed by atoms with E-state index in [-0.39, 0.29) is 11.9 Å². The van der Waals surface area contributed by atoms with E-state index in [1.165, 1.54) is 0 Å². The molecule has 0 bridgehead atoms. The topological polar surface area (TPSA) is 63.9 Å². The van der Waals surface area contributed by atoms with Crippen LogP contribution in [0.3, 0.4) is 0 Å². The third kappa shape index (κ3) is 3.48. The van der Waals surface area contributed by atoms with Gasteiger partial charge in [0.25, 0.3) is 5.91 Å². The maximum Gasteiger partial charge on any atom is 0.251 e. The van der Waals surface area contributed by atoms with Gasteiger partial charge in [0, 0.05) is 12.1 Å². The van der Waals surface area contributed by atoms with Gasteiger partial charge in [0.05, 0.1) is 12.3 Å². The predicted molar refractivity (Wildman–Crippen MR) is 84.9 cm³/mol. The van der Waals surface area contributed by atoms with Crippen LogP contribution in [0.1, 0.15) is 22.2 Å². The van der Waals surface area contributed by atoms with Crippen molar-refractivity contribution in [3.63, 3.8) is 0 Å². The van der Waals surface area contributed by atoms with Crippen molar-refractivity contribution in [3.05, 3.63) is 47.9 Å². The number of carbonyl (C=O) groups excluding carboxylic acids is 1. The van der Waals surface area contributed by atoms with Crippen molar-refractivity contribution in [2.75, 3.05) is 33.9 Å². The second kappa shape index (κ2) is 6.75. The molecule has 6 nitrogen and oxygen atoms in total. The molecular formula is C17H20N2O4. The van der Waals surface area contributed by atoms with Gasteiger partial charge in [-0.15, -0.1) is 0 Å². The third-order valence-electron chi connectivity index (χ3n) is 3.76. The first kappa shape index (κ1) is 15.4. The van der Waals surface area contributed by atoms with Crippen LogP contribution in [-0.4, -0.2) is 44.7 Å². The number of amides is 1. The fourth-order valence-corrected chi connectivity index (χ4v) is 2.49. The molecule has 0 aliphatic carbocycles. The molecule has 2 heterocycles. The highest BCUT2D eigenvalue weighted by Gasteiger charge is 2.19. The summed E-state index contributed by atoms with van der Waals surface area (Å²) in [4.78, 5) is 14.4. The number of likely N-dealkylation sites (N-methyl/N-ethyl adjacent to an activating group) is 1. The van der Waals surface area contributed by atoms with Crippen molar-refractivity contribution in [1.29, 1.82) is 0 Å². The van der Waals surface area contributed by atoms with Gasteiger partial charge in [-0.25, -0.2) is 0 Å². The van der Waals surface area contributed by atoms with Crippen LogP contribution in [0, 0.1) is 0 Å². The molecule has 1 N–H and O–H groups in total. The molecule has 1 aromatic heterocycles. The number of rotatable bonds is 5. The highest BCUT2D eigenvalue weighted by atomic mass is 16.6. The minimum absolute atomic E-state index is 0.0221. The lowest BCUT2D eigenvalue weighted by Gasteiger charge is -2.23. The lowest BCUT2D eigenvalue weighted by molar-refractivity contribution is 0.0938. The number of nitrogens with zero attached hydrogens (tertiary/aromatic N) is 1. The van der Waals surface area contributed by atoms with E-state index in [0.717, 1.165) is 5.76 Å². The van der Waals surface area contributed by atoms with Crippen molar-refractivity contribution in [2.24, 2.45) is 0 Å². The van der Waals surface area contributed by atoms with Crippen LogP contribution in [0.5, 0.6) is 11.5 Å². The Morgan fingerprint density at radius 2 is 2.00 bits per heavy atom. The van der Waals surface area contributed by atoms with E-state index in [9.17, 15) is 4.79 Å². The van der Waals surface area contributed by atoms with E-state index in [4.69, 9.17) is 13.9 Å². The van der Waals surface area contributed by atoms with Crippen molar-refractivity contribution < 1.29 is 18.7 Å². The summed E-state index contributed by atoms with van der Waals surface area (Å²) in [5.74, 6) is 1.95. The Bertz CT molecular complexity index is 667. The summed E-state index contributed by atoms with van der Waals surface area (Å²) in [6.45, 7) is 1.49. The van der Waals surface area contributed by atoms with Crippen molar-refractivity contribution in [2.45, 2.75) is 6.04 Å². The molecule has 0 radical (unpaired) electrons. The monoisotopic (exact) mass is 316 g/mol. The third-order valence-corrected chi connectivity index (χ3v) is 3.76. The van der Waals surface area contributed by atoms with Crippen LogP contribution in [0.4, 0.5) is 0 Å². The Balaban J connectivity index is 1.67. The molecule has 1 aromatic carbocycles. The van der Waals surface area contributed by atoms with E-state index in [0.29, 0.717) is 36.8 Å². The molecule has 0 unspecified atom stereocenters. The molecule has 0 saturated carbocycles. The first-order valence-electron chi connectivity index (χ1n) is 7.53. The van der Waals surface area contributed by atoms with E-state index < -0.39 is 0 Å². The van der Waals surface area contributed by atoms with Gasteiger partial charge in [-0.1, -0.05) is 0 Å². The molecule has 3 rings (SSSR count). The Labute approximate surface area is 135 Å². The molecule has 6 heteroatoms. The molecule has 1 aliphatic rings. The number of hydrogen-bond acceptors (Lipinski definition) is 5. The average Bonchev–Trinajstić information content (AvgIpc) is 3.08. The number of hydrogen-bond donors (Lipinski definition) is 1. The van der Waals surface area contributed by atoms with Gasteiger partial charge in [-0.2, -0.15) is 0 Å². The number of ether oxygens (including phenoxy) is 2. The second-order valence-corrected chi connectivity index (χ2v) is 5.56. The van der Waals surface area contributed by atoms with Gasteiger partial charge < -0.3 is 19.2 Å². The maximum atomic E-state index is 12.4. The summed E-state index contributed by atoms with van der Waals surface area (Å²) >= 11 is 0. The predicted octanol–water partition coefficient (Wildman–Crippen LogP) is 2.08. The lowest BCUT2D eigenvalue weighted by atomic mass is 10.1. The highest BCUT2D eigenvalue weighted by Crippen LogP contribution is 2.30. The molecule has 1 atom stereocenters. The molecule has 23 heavy (non-hydrogen) atoms. The number of fused-ring (bicyclic) bond motifs is 1. The molecule has 1 aliphatic heterocycles. The van der Waals surface area contributed by atoms with Crippen LogP contribution < -0.4 is 14.8 Å². The fraction of sp³-hybridized carbons (Fsp3) is 0.353. The first-order valence-corrected chi connectivity index (χ1v) is 7.53. The van der Waals surface area contributed by atoms with E-state index >= 15 is 0 Å². The number of benzene rings is 1. The molecule has 0 fully saturated rings. The minimum atomic E-state index is -0.152. The quantitative estimate of drug-likeness (QED) is 0.915. The highest BCUT2D eigenvalue weighted by molar-refractivity contribution is 5.94. The Morgan fingerprint density at radius 1 is 1.22 bits per heavy atom. The lowest BCUT2D eigenvalue weighted by Crippen LogP contribution is -2.34. The first-order chi connectivity index (χ1) is 11.1. The molecule has 2 aromatic rings. The Hall–Kier alpha value is -2.47. The summed E-state index contributed by atoms with van der Waals surface area (Å²) in [5, 5.41) is 2.94. The van der Waals surface area contributed by atoms with Gasteiger partial charge in [-0.05, 0) is 44.4 Å². The smallest absolute Gasteiger partial charge is 0.251 e. The summed E-state index contributed by atoms with van der Waals surface area (Å²) in [6, 6.07) is 8.93. The van der Waals surface area contributed by atoms with Crippen molar-refractivity contribution >= 4 is 5.91 Å². The molecule has 0 saturated heterocycles. The van der Waals surface area contributed by atoms with Crippen LogP contribution in [0.15, 0.2) is 41.0 Å². The zero-order valence-corrected chi connectivity index (χ0v) is 13.2. The van der Waals surface area contributed by atoms with Gasteiger partial charge in [0.15, 0.2) is 11.5 Å². The van der Waals surface area contributed by atoms with E-state index in [1.807, 2.05) is 31.1 Å². The second-order valence-electron chi connectivity index (χ2n) is 5.56. The fourth-order valence-electron chi connectivity index (χ4n) is 2.49. The van der Waals surface area contributed by atoms with Gasteiger partial charge in [0.2, 0.25) is 0 Å². The average molecular weight is 316 g/mol. The zero-order chi connectivity index (χ0) is 16.2. The molecule has 122 valence electrons. The van der Waals surface area contributed by atoms with Crippen LogP contribution >= 0.6 is 0 Å². The largest absolute Gasteiger partial charge is 0.486 e. The van der Waals surface area contributed by atoms with Crippen LogP contribution in [0.25, 0.3) is 0 Å². The number of nitrogens with one attached hydrogen (secondary N) is 1. The SMILES string of the molecule is CN(C)[C@H](CNC(=O)c1ccc2c(c1)OCCO2)c1ccco1. The number of carbonyl (C=O) groups is 1. The standard InChI is InChI=1S/C17H20N2O4/c1-19(2)13(14-4-3-7-21-14)11-18-17(20)12-5-6-15-16(10-12)23-9-8-22-15/h3-7,10,13H,8-9,11H2,1-2H3,(H,18,20)/t13-/m1/s1. The van der Waals surface area contributed by atoms with E-state index in [1.54, 1.807) is 24.5 Å². The summed E-state index contributed by atoms with van der Waals surface area (Å²) in [7, 11) is 3.90. The van der Waals surface area contributed by atoms with E-state index in [2.05, 4.69) is 5.32 Å². The number of furan rings is 1. The zero-order valence-electron chi connectivity index (χ0n) is 13.2. The van der Waals surface area contributed by atoms with Gasteiger partial charge in [0.1, 0.15) is 19.0 Å². The molecule has 0 spiro atoms. The summed E-state index contributed by atoms with van der Waals surface area (Å²) < 4.78 is 16.4. The van der Waals surface area contributed by atoms with Crippen LogP contribution in [-0.2, 0) is 0 Å². The summed E-state index contributed by atoms with van der Waals surface area (Å²) in [6.07, 6.45) is 1.63. The van der Waals surface area contributed by atoms with Gasteiger partial charge >= 0.3 is 0 Å². The maximum absolute atomic E-state index is 12.4. The normalized spacial score (nSPS) is 14.6. The molecular weight excluding hydrogens is 296 g/mol. The Morgan fingerprint density at radius 3 is 2.70 bits per heavy atom. The van der Waals surface area contributed by atoms with Gasteiger partial charge in [-0.3, -0.25) is 9.69 Å². The summed E-state index contributed by atoms with van der Waals surface area (Å²) in [5.41, 5.74) is 0.547. The van der Waals surface area contributed by atoms with Crippen LogP contribution in [0.2, 0.25) is 0 Å².